The predicted octanol–water partition coefficient (Wildman–Crippen LogP) is 2.77. The molecule has 2 aromatic rings. The Balaban J connectivity index is 1.57. The number of benzene rings is 1. The standard InChI is InChI=1S/C16H22N4/c1-2-8-20-9-7-13(12-20)10-18-16-11-17-14-5-3-4-6-15(14)19-16/h3-6,11,13H,2,7-10,12H2,1H3,(H,18,19)/t13-/m0/s1. The lowest BCUT2D eigenvalue weighted by Crippen LogP contribution is -2.23. The zero-order valence-electron chi connectivity index (χ0n) is 12.0. The predicted molar refractivity (Wildman–Crippen MR) is 82.9 cm³/mol. The van der Waals surface area contributed by atoms with Crippen LogP contribution in [0.25, 0.3) is 11.0 Å². The summed E-state index contributed by atoms with van der Waals surface area (Å²) < 4.78 is 0. The zero-order valence-corrected chi connectivity index (χ0v) is 12.0. The quantitative estimate of drug-likeness (QED) is 0.907. The number of nitrogens with zero attached hydrogens (tertiary/aromatic N) is 3. The first kappa shape index (κ1) is 13.3. The maximum absolute atomic E-state index is 4.60. The van der Waals surface area contributed by atoms with Crippen molar-refractivity contribution in [2.24, 2.45) is 5.92 Å². The van der Waals surface area contributed by atoms with Gasteiger partial charge in [0.05, 0.1) is 17.2 Å². The normalized spacial score (nSPS) is 19.6. The van der Waals surface area contributed by atoms with Gasteiger partial charge in [0.2, 0.25) is 0 Å². The Hall–Kier alpha value is -1.68. The Morgan fingerprint density at radius 3 is 3.00 bits per heavy atom. The fraction of sp³-hybridized carbons (Fsp3) is 0.500. The fourth-order valence-electron chi connectivity index (χ4n) is 2.89. The molecule has 0 spiro atoms. The van der Waals surface area contributed by atoms with E-state index in [-0.39, 0.29) is 0 Å². The van der Waals surface area contributed by atoms with Crippen LogP contribution in [0.5, 0.6) is 0 Å². The third kappa shape index (κ3) is 3.07. The Kier molecular flexibility index (Phi) is 4.11. The van der Waals surface area contributed by atoms with Crippen molar-refractivity contribution in [2.75, 3.05) is 31.5 Å². The fourth-order valence-corrected chi connectivity index (χ4v) is 2.89. The molecular formula is C16H22N4. The van der Waals surface area contributed by atoms with Crippen LogP contribution in [0.15, 0.2) is 30.5 Å². The summed E-state index contributed by atoms with van der Waals surface area (Å²) in [7, 11) is 0. The second-order valence-electron chi connectivity index (χ2n) is 5.58. The molecule has 1 aromatic heterocycles. The summed E-state index contributed by atoms with van der Waals surface area (Å²) in [4.78, 5) is 11.6. The van der Waals surface area contributed by atoms with Gasteiger partial charge in [0, 0.05) is 13.1 Å². The van der Waals surface area contributed by atoms with E-state index < -0.39 is 0 Å². The van der Waals surface area contributed by atoms with Crippen molar-refractivity contribution in [2.45, 2.75) is 19.8 Å². The molecule has 1 aromatic carbocycles. The number of rotatable bonds is 5. The molecule has 106 valence electrons. The largest absolute Gasteiger partial charge is 0.368 e. The second-order valence-corrected chi connectivity index (χ2v) is 5.58. The highest BCUT2D eigenvalue weighted by Gasteiger charge is 2.21. The van der Waals surface area contributed by atoms with Crippen molar-refractivity contribution in [1.82, 2.24) is 14.9 Å². The lowest BCUT2D eigenvalue weighted by molar-refractivity contribution is 0.327. The molecule has 3 rings (SSSR count). The first-order valence-corrected chi connectivity index (χ1v) is 7.53. The van der Waals surface area contributed by atoms with Crippen LogP contribution in [0, 0.1) is 5.92 Å². The van der Waals surface area contributed by atoms with E-state index in [1.165, 1.54) is 32.5 Å². The highest BCUT2D eigenvalue weighted by atomic mass is 15.1. The SMILES string of the molecule is CCCN1CC[C@@H](CNc2cnc3ccccc3n2)C1. The van der Waals surface area contributed by atoms with Crippen molar-refractivity contribution >= 4 is 16.9 Å². The first-order chi connectivity index (χ1) is 9.85. The molecule has 0 amide bonds. The summed E-state index contributed by atoms with van der Waals surface area (Å²) in [6, 6.07) is 7.99. The number of hydrogen-bond donors (Lipinski definition) is 1. The van der Waals surface area contributed by atoms with Gasteiger partial charge in [-0.05, 0) is 44.0 Å². The third-order valence-electron chi connectivity index (χ3n) is 3.93. The third-order valence-corrected chi connectivity index (χ3v) is 3.93. The molecule has 1 aliphatic rings. The first-order valence-electron chi connectivity index (χ1n) is 7.53. The number of hydrogen-bond acceptors (Lipinski definition) is 4. The number of anilines is 1. The van der Waals surface area contributed by atoms with E-state index in [0.29, 0.717) is 0 Å². The van der Waals surface area contributed by atoms with E-state index in [0.717, 1.165) is 29.3 Å². The van der Waals surface area contributed by atoms with Crippen LogP contribution < -0.4 is 5.32 Å². The molecule has 1 aliphatic heterocycles. The minimum Gasteiger partial charge on any atom is -0.368 e. The molecule has 0 unspecified atom stereocenters. The van der Waals surface area contributed by atoms with Crippen molar-refractivity contribution in [3.8, 4) is 0 Å². The Morgan fingerprint density at radius 2 is 2.15 bits per heavy atom. The average Bonchev–Trinajstić information content (AvgIpc) is 2.93. The van der Waals surface area contributed by atoms with Crippen LogP contribution in [-0.2, 0) is 0 Å². The molecule has 20 heavy (non-hydrogen) atoms. The number of fused-ring (bicyclic) bond motifs is 1. The molecule has 0 radical (unpaired) electrons. The van der Waals surface area contributed by atoms with Gasteiger partial charge in [-0.15, -0.1) is 0 Å². The van der Waals surface area contributed by atoms with Crippen molar-refractivity contribution in [3.05, 3.63) is 30.5 Å². The van der Waals surface area contributed by atoms with Crippen LogP contribution in [-0.4, -0.2) is 41.0 Å². The molecule has 2 heterocycles. The maximum atomic E-state index is 4.60. The van der Waals surface area contributed by atoms with Gasteiger partial charge in [-0.3, -0.25) is 4.98 Å². The van der Waals surface area contributed by atoms with Crippen molar-refractivity contribution in [1.29, 1.82) is 0 Å². The number of likely N-dealkylation sites (tertiary alicyclic amines) is 1. The molecule has 4 nitrogen and oxygen atoms in total. The summed E-state index contributed by atoms with van der Waals surface area (Å²) in [6.07, 6.45) is 4.37. The smallest absolute Gasteiger partial charge is 0.145 e. The van der Waals surface area contributed by atoms with Crippen molar-refractivity contribution in [3.63, 3.8) is 0 Å². The molecule has 0 bridgehead atoms. The molecule has 0 aliphatic carbocycles. The van der Waals surface area contributed by atoms with E-state index in [1.54, 1.807) is 0 Å². The molecule has 0 saturated carbocycles. The summed E-state index contributed by atoms with van der Waals surface area (Å²) >= 11 is 0. The van der Waals surface area contributed by atoms with Gasteiger partial charge in [0.15, 0.2) is 0 Å². The van der Waals surface area contributed by atoms with Crippen LogP contribution in [0.1, 0.15) is 19.8 Å². The zero-order chi connectivity index (χ0) is 13.8. The summed E-state index contributed by atoms with van der Waals surface area (Å²) in [6.45, 7) is 6.92. The van der Waals surface area contributed by atoms with Gasteiger partial charge in [-0.1, -0.05) is 19.1 Å². The van der Waals surface area contributed by atoms with Gasteiger partial charge >= 0.3 is 0 Å². The van der Waals surface area contributed by atoms with E-state index in [1.807, 2.05) is 30.5 Å². The van der Waals surface area contributed by atoms with E-state index in [2.05, 4.69) is 27.1 Å². The molecule has 1 N–H and O–H groups in total. The Labute approximate surface area is 120 Å². The monoisotopic (exact) mass is 270 g/mol. The minimum absolute atomic E-state index is 0.731. The molecule has 1 saturated heterocycles. The van der Waals surface area contributed by atoms with Crippen LogP contribution in [0.2, 0.25) is 0 Å². The number of nitrogens with one attached hydrogen (secondary N) is 1. The lowest BCUT2D eigenvalue weighted by atomic mass is 10.1. The summed E-state index contributed by atoms with van der Waals surface area (Å²) in [5.74, 6) is 1.62. The van der Waals surface area contributed by atoms with E-state index in [4.69, 9.17) is 0 Å². The highest BCUT2D eigenvalue weighted by molar-refractivity contribution is 5.75. The Bertz CT molecular complexity index is 569. The average molecular weight is 270 g/mol. The topological polar surface area (TPSA) is 41.0 Å². The molecular weight excluding hydrogens is 248 g/mol. The van der Waals surface area contributed by atoms with E-state index >= 15 is 0 Å². The van der Waals surface area contributed by atoms with Crippen LogP contribution >= 0.6 is 0 Å². The molecule has 4 heteroatoms. The van der Waals surface area contributed by atoms with Gasteiger partial charge in [0.1, 0.15) is 5.82 Å². The van der Waals surface area contributed by atoms with Crippen LogP contribution in [0.4, 0.5) is 5.82 Å². The molecule has 1 atom stereocenters. The summed E-state index contributed by atoms with van der Waals surface area (Å²) in [5.41, 5.74) is 1.91. The van der Waals surface area contributed by atoms with Gasteiger partial charge < -0.3 is 10.2 Å². The van der Waals surface area contributed by atoms with Crippen molar-refractivity contribution < 1.29 is 0 Å². The molecule has 1 fully saturated rings. The highest BCUT2D eigenvalue weighted by Crippen LogP contribution is 2.17. The lowest BCUT2D eigenvalue weighted by Gasteiger charge is -2.15. The van der Waals surface area contributed by atoms with E-state index in [9.17, 15) is 0 Å². The number of aromatic nitrogens is 2. The summed E-state index contributed by atoms with van der Waals surface area (Å²) in [5, 5.41) is 3.44. The van der Waals surface area contributed by atoms with Gasteiger partial charge in [-0.2, -0.15) is 0 Å². The van der Waals surface area contributed by atoms with Gasteiger partial charge in [-0.25, -0.2) is 4.98 Å². The van der Waals surface area contributed by atoms with Gasteiger partial charge in [0.25, 0.3) is 0 Å². The van der Waals surface area contributed by atoms with Crippen LogP contribution in [0.3, 0.4) is 0 Å². The minimum atomic E-state index is 0.731. The maximum Gasteiger partial charge on any atom is 0.145 e. The Morgan fingerprint density at radius 1 is 1.30 bits per heavy atom. The number of para-hydroxylation sites is 2. The second kappa shape index (κ2) is 6.18.